The van der Waals surface area contributed by atoms with Gasteiger partial charge < -0.3 is 25.8 Å². The van der Waals surface area contributed by atoms with Gasteiger partial charge in [0.1, 0.15) is 0 Å². The standard InChI is InChI=1S/C22H36N6O2.HI/c1-5-20(29)28-12-10-19(16-28)26-22(23-6-2)25-15-17-8-7-9-18(14-17)21(30)24-11-13-27(3)4;/h7-9,14,19H,5-6,10-13,15-16H2,1-4H3,(H,24,30)(H2,23,25,26);1H. The van der Waals surface area contributed by atoms with Crippen molar-refractivity contribution in [1.29, 1.82) is 0 Å². The summed E-state index contributed by atoms with van der Waals surface area (Å²) in [5.41, 5.74) is 1.62. The second-order valence-electron chi connectivity index (χ2n) is 7.78. The Kier molecular flexibility index (Phi) is 12.5. The van der Waals surface area contributed by atoms with Crippen LogP contribution in [-0.4, -0.2) is 80.4 Å². The maximum atomic E-state index is 12.3. The Morgan fingerprint density at radius 2 is 2.00 bits per heavy atom. The Labute approximate surface area is 203 Å². The Hall–Kier alpha value is -1.88. The van der Waals surface area contributed by atoms with Crippen LogP contribution in [0.4, 0.5) is 0 Å². The monoisotopic (exact) mass is 544 g/mol. The number of halogens is 1. The second kappa shape index (κ2) is 14.2. The fourth-order valence-corrected chi connectivity index (χ4v) is 3.32. The summed E-state index contributed by atoms with van der Waals surface area (Å²) in [6.07, 6.45) is 1.46. The number of amides is 2. The molecule has 0 aromatic heterocycles. The van der Waals surface area contributed by atoms with Gasteiger partial charge in [-0.25, -0.2) is 4.99 Å². The lowest BCUT2D eigenvalue weighted by Crippen LogP contribution is -2.45. The Balaban J connectivity index is 0.00000480. The zero-order valence-corrected chi connectivity index (χ0v) is 21.4. The zero-order valence-electron chi connectivity index (χ0n) is 19.1. The molecule has 2 rings (SSSR count). The smallest absolute Gasteiger partial charge is 0.251 e. The van der Waals surface area contributed by atoms with Gasteiger partial charge in [0.2, 0.25) is 5.91 Å². The minimum Gasteiger partial charge on any atom is -0.357 e. The summed E-state index contributed by atoms with van der Waals surface area (Å²) in [4.78, 5) is 32.8. The van der Waals surface area contributed by atoms with Gasteiger partial charge in [-0.05, 0) is 45.1 Å². The molecule has 1 aliphatic heterocycles. The van der Waals surface area contributed by atoms with Crippen LogP contribution in [0.3, 0.4) is 0 Å². The van der Waals surface area contributed by atoms with Crippen LogP contribution in [-0.2, 0) is 11.3 Å². The number of aliphatic imine (C=N–C) groups is 1. The number of nitrogens with one attached hydrogen (secondary N) is 3. The molecule has 2 amide bonds. The highest BCUT2D eigenvalue weighted by atomic mass is 127. The lowest BCUT2D eigenvalue weighted by molar-refractivity contribution is -0.129. The van der Waals surface area contributed by atoms with Crippen LogP contribution >= 0.6 is 24.0 Å². The van der Waals surface area contributed by atoms with Gasteiger partial charge in [-0.15, -0.1) is 24.0 Å². The van der Waals surface area contributed by atoms with Gasteiger partial charge in [0.15, 0.2) is 5.96 Å². The topological polar surface area (TPSA) is 89.1 Å². The molecule has 3 N–H and O–H groups in total. The summed E-state index contributed by atoms with van der Waals surface area (Å²) in [5, 5.41) is 9.63. The van der Waals surface area contributed by atoms with E-state index in [-0.39, 0.29) is 41.8 Å². The molecule has 0 bridgehead atoms. The van der Waals surface area contributed by atoms with E-state index in [4.69, 9.17) is 0 Å². The van der Waals surface area contributed by atoms with Crippen LogP contribution in [0.1, 0.15) is 42.6 Å². The Morgan fingerprint density at radius 3 is 2.68 bits per heavy atom. The first-order valence-electron chi connectivity index (χ1n) is 10.8. The molecule has 8 nitrogen and oxygen atoms in total. The number of rotatable bonds is 9. The number of likely N-dealkylation sites (tertiary alicyclic amines) is 1. The molecule has 174 valence electrons. The highest BCUT2D eigenvalue weighted by Crippen LogP contribution is 2.11. The first kappa shape index (κ1) is 27.2. The number of guanidine groups is 1. The van der Waals surface area contributed by atoms with Gasteiger partial charge >= 0.3 is 0 Å². The maximum absolute atomic E-state index is 12.3. The number of hydrogen-bond donors (Lipinski definition) is 3. The van der Waals surface area contributed by atoms with Crippen molar-refractivity contribution in [2.24, 2.45) is 4.99 Å². The molecule has 0 saturated carbocycles. The van der Waals surface area contributed by atoms with Gasteiger partial charge in [-0.2, -0.15) is 0 Å². The molecule has 1 fully saturated rings. The van der Waals surface area contributed by atoms with Crippen LogP contribution in [0.5, 0.6) is 0 Å². The summed E-state index contributed by atoms with van der Waals surface area (Å²) in [7, 11) is 3.96. The third kappa shape index (κ3) is 9.42. The van der Waals surface area contributed by atoms with E-state index in [0.29, 0.717) is 31.6 Å². The predicted molar refractivity (Wildman–Crippen MR) is 136 cm³/mol. The molecular formula is C22H37IN6O2. The van der Waals surface area contributed by atoms with E-state index < -0.39 is 0 Å². The second-order valence-corrected chi connectivity index (χ2v) is 7.78. The largest absolute Gasteiger partial charge is 0.357 e. The van der Waals surface area contributed by atoms with E-state index in [1.807, 2.05) is 62.0 Å². The zero-order chi connectivity index (χ0) is 21.9. The van der Waals surface area contributed by atoms with Crippen molar-refractivity contribution in [3.63, 3.8) is 0 Å². The van der Waals surface area contributed by atoms with Gasteiger partial charge in [-0.3, -0.25) is 9.59 Å². The van der Waals surface area contributed by atoms with Crippen molar-refractivity contribution < 1.29 is 9.59 Å². The van der Waals surface area contributed by atoms with Crippen molar-refractivity contribution in [1.82, 2.24) is 25.8 Å². The molecule has 0 radical (unpaired) electrons. The van der Waals surface area contributed by atoms with E-state index in [1.54, 1.807) is 0 Å². The lowest BCUT2D eigenvalue weighted by atomic mass is 10.1. The van der Waals surface area contributed by atoms with Gasteiger partial charge in [0.05, 0.1) is 6.54 Å². The summed E-state index contributed by atoms with van der Waals surface area (Å²) >= 11 is 0. The molecule has 1 atom stereocenters. The Bertz CT molecular complexity index is 740. The first-order chi connectivity index (χ1) is 14.4. The van der Waals surface area contributed by atoms with Crippen molar-refractivity contribution in [2.45, 2.75) is 39.3 Å². The molecule has 1 aliphatic rings. The van der Waals surface area contributed by atoms with Crippen LogP contribution in [0.15, 0.2) is 29.3 Å². The third-order valence-electron chi connectivity index (χ3n) is 4.98. The van der Waals surface area contributed by atoms with Gasteiger partial charge in [0.25, 0.3) is 5.91 Å². The quantitative estimate of drug-likeness (QED) is 0.250. The normalized spacial score (nSPS) is 16.1. The van der Waals surface area contributed by atoms with E-state index >= 15 is 0 Å². The molecule has 0 spiro atoms. The molecule has 1 saturated heterocycles. The van der Waals surface area contributed by atoms with Gasteiger partial charge in [-0.1, -0.05) is 19.1 Å². The predicted octanol–water partition coefficient (Wildman–Crippen LogP) is 1.66. The third-order valence-corrected chi connectivity index (χ3v) is 4.98. The fourth-order valence-electron chi connectivity index (χ4n) is 3.32. The molecular weight excluding hydrogens is 507 g/mol. The van der Waals surface area contributed by atoms with Crippen LogP contribution in [0.25, 0.3) is 0 Å². The number of nitrogens with zero attached hydrogens (tertiary/aromatic N) is 3. The average Bonchev–Trinajstić information content (AvgIpc) is 3.20. The average molecular weight is 544 g/mol. The molecule has 9 heteroatoms. The summed E-state index contributed by atoms with van der Waals surface area (Å²) in [6.45, 7) is 8.05. The minimum absolute atomic E-state index is 0. The van der Waals surface area contributed by atoms with Crippen LogP contribution in [0, 0.1) is 0 Å². The molecule has 1 heterocycles. The number of likely N-dealkylation sites (N-methyl/N-ethyl adjacent to an activating group) is 1. The molecule has 1 unspecified atom stereocenters. The molecule has 1 aromatic carbocycles. The SMILES string of the molecule is CCNC(=NCc1cccc(C(=O)NCCN(C)C)c1)NC1CCN(C(=O)CC)C1.I. The minimum atomic E-state index is -0.0700. The summed E-state index contributed by atoms with van der Waals surface area (Å²) < 4.78 is 0. The number of hydrogen-bond acceptors (Lipinski definition) is 4. The van der Waals surface area contributed by atoms with Crippen molar-refractivity contribution in [3.8, 4) is 0 Å². The molecule has 0 aliphatic carbocycles. The van der Waals surface area contributed by atoms with Crippen LogP contribution in [0.2, 0.25) is 0 Å². The van der Waals surface area contributed by atoms with E-state index in [2.05, 4.69) is 20.9 Å². The van der Waals surface area contributed by atoms with Crippen molar-refractivity contribution in [2.75, 3.05) is 46.8 Å². The number of carbonyl (C=O) groups is 2. The number of carbonyl (C=O) groups excluding carboxylic acids is 2. The summed E-state index contributed by atoms with van der Waals surface area (Å²) in [5.74, 6) is 0.857. The highest BCUT2D eigenvalue weighted by molar-refractivity contribution is 14.0. The van der Waals surface area contributed by atoms with E-state index in [9.17, 15) is 9.59 Å². The Morgan fingerprint density at radius 1 is 1.23 bits per heavy atom. The van der Waals surface area contributed by atoms with E-state index in [0.717, 1.165) is 37.6 Å². The maximum Gasteiger partial charge on any atom is 0.251 e. The fraction of sp³-hybridized carbons (Fsp3) is 0.591. The first-order valence-corrected chi connectivity index (χ1v) is 10.8. The van der Waals surface area contributed by atoms with E-state index in [1.165, 1.54) is 0 Å². The molecule has 1 aromatic rings. The van der Waals surface area contributed by atoms with Crippen LogP contribution < -0.4 is 16.0 Å². The van der Waals surface area contributed by atoms with Crippen molar-refractivity contribution >= 4 is 41.8 Å². The highest BCUT2D eigenvalue weighted by Gasteiger charge is 2.25. The van der Waals surface area contributed by atoms with Crippen molar-refractivity contribution in [3.05, 3.63) is 35.4 Å². The lowest BCUT2D eigenvalue weighted by Gasteiger charge is -2.18. The summed E-state index contributed by atoms with van der Waals surface area (Å²) in [6, 6.07) is 7.76. The van der Waals surface area contributed by atoms with Gasteiger partial charge in [0, 0.05) is 50.7 Å². The number of benzene rings is 1. The molecule has 31 heavy (non-hydrogen) atoms.